The van der Waals surface area contributed by atoms with Crippen molar-refractivity contribution in [3.63, 3.8) is 0 Å². The van der Waals surface area contributed by atoms with Crippen LogP contribution in [0.3, 0.4) is 0 Å². The summed E-state index contributed by atoms with van der Waals surface area (Å²) >= 11 is 0. The van der Waals surface area contributed by atoms with E-state index in [0.29, 0.717) is 11.5 Å². The molecule has 3 rings (SSSR count). The number of phenols is 4. The monoisotopic (exact) mass is 470 g/mol. The molecule has 6 N–H and O–H groups in total. The summed E-state index contributed by atoms with van der Waals surface area (Å²) in [4.78, 5) is 23.2. The molecule has 2 unspecified atom stereocenters. The third-order valence-corrected chi connectivity index (χ3v) is 4.91. The third kappa shape index (κ3) is 6.22. The van der Waals surface area contributed by atoms with Gasteiger partial charge < -0.3 is 40.1 Å². The van der Waals surface area contributed by atoms with Gasteiger partial charge in [0.05, 0.1) is 0 Å². The number of hydrogen-bond donors (Lipinski definition) is 6. The van der Waals surface area contributed by atoms with E-state index >= 15 is 0 Å². The Morgan fingerprint density at radius 2 is 0.882 bits per heavy atom. The van der Waals surface area contributed by atoms with Crippen molar-refractivity contribution in [3.8, 4) is 34.5 Å². The second kappa shape index (κ2) is 10.3. The molecule has 0 saturated carbocycles. The Kier molecular flexibility index (Phi) is 7.32. The molecule has 10 nitrogen and oxygen atoms in total. The summed E-state index contributed by atoms with van der Waals surface area (Å²) in [5, 5.41) is 57.3. The topological polar surface area (TPSA) is 174 Å². The van der Waals surface area contributed by atoms with Crippen LogP contribution in [-0.4, -0.2) is 55.8 Å². The molecule has 0 bridgehead atoms. The van der Waals surface area contributed by atoms with E-state index in [1.54, 1.807) is 0 Å². The molecule has 0 radical (unpaired) electrons. The second-order valence-electron chi connectivity index (χ2n) is 7.44. The Morgan fingerprint density at radius 1 is 0.588 bits per heavy atom. The summed E-state index contributed by atoms with van der Waals surface area (Å²) in [5.41, 5.74) is 0.338. The van der Waals surface area contributed by atoms with Crippen LogP contribution in [0.4, 0.5) is 0 Å². The zero-order valence-electron chi connectivity index (χ0n) is 17.7. The van der Waals surface area contributed by atoms with Crippen LogP contribution in [0.1, 0.15) is 23.0 Å². The average molecular weight is 470 g/mol. The van der Waals surface area contributed by atoms with Crippen LogP contribution in [-0.2, 0) is 9.59 Å². The van der Waals surface area contributed by atoms with E-state index in [1.165, 1.54) is 48.5 Å². The highest BCUT2D eigenvalue weighted by Gasteiger charge is 2.23. The molecule has 0 aliphatic heterocycles. The van der Waals surface area contributed by atoms with Crippen LogP contribution in [0.25, 0.3) is 0 Å². The van der Waals surface area contributed by atoms with Gasteiger partial charge in [-0.05, 0) is 59.7 Å². The molecule has 0 fully saturated rings. The molecule has 0 aliphatic carbocycles. The number of ether oxygens (including phenoxy) is 2. The van der Waals surface area contributed by atoms with Gasteiger partial charge in [0, 0.05) is 12.1 Å². The summed E-state index contributed by atoms with van der Waals surface area (Å²) in [7, 11) is 0. The Hall–Kier alpha value is -4.60. The summed E-state index contributed by atoms with van der Waals surface area (Å²) in [6.07, 6.45) is 0. The molecule has 10 heteroatoms. The molecule has 0 saturated heterocycles. The molecule has 0 spiro atoms. The van der Waals surface area contributed by atoms with E-state index in [1.807, 2.05) is 0 Å². The van der Waals surface area contributed by atoms with Crippen LogP contribution >= 0.6 is 0 Å². The maximum atomic E-state index is 11.6. The molecule has 0 aromatic heterocycles. The molecule has 0 aliphatic rings. The lowest BCUT2D eigenvalue weighted by Crippen LogP contribution is -2.20. The zero-order valence-corrected chi connectivity index (χ0v) is 17.7. The number of carboxylic acid groups (broad SMARTS) is 2. The van der Waals surface area contributed by atoms with Crippen molar-refractivity contribution in [2.45, 2.75) is 11.8 Å². The molecule has 3 aromatic rings. The van der Waals surface area contributed by atoms with E-state index in [4.69, 9.17) is 9.47 Å². The lowest BCUT2D eigenvalue weighted by molar-refractivity contribution is -0.140. The van der Waals surface area contributed by atoms with Crippen molar-refractivity contribution >= 4 is 11.9 Å². The molecule has 0 amide bonds. The maximum absolute atomic E-state index is 11.6. The summed E-state index contributed by atoms with van der Waals surface area (Å²) in [6.45, 7) is -0.555. The van der Waals surface area contributed by atoms with Gasteiger partial charge in [-0.15, -0.1) is 0 Å². The van der Waals surface area contributed by atoms with E-state index in [-0.39, 0.29) is 47.3 Å². The van der Waals surface area contributed by atoms with Gasteiger partial charge in [-0.3, -0.25) is 9.59 Å². The lowest BCUT2D eigenvalue weighted by atomic mass is 9.99. The Bertz CT molecular complexity index is 1040. The van der Waals surface area contributed by atoms with Crippen LogP contribution < -0.4 is 9.47 Å². The zero-order chi connectivity index (χ0) is 24.8. The van der Waals surface area contributed by atoms with Crippen molar-refractivity contribution in [2.24, 2.45) is 0 Å². The lowest BCUT2D eigenvalue weighted by Gasteiger charge is -2.16. The van der Waals surface area contributed by atoms with Crippen molar-refractivity contribution in [1.82, 2.24) is 0 Å². The first kappa shape index (κ1) is 24.1. The fraction of sp³-hybridized carbons (Fsp3) is 0.167. The fourth-order valence-corrected chi connectivity index (χ4v) is 3.25. The fourth-order valence-electron chi connectivity index (χ4n) is 3.25. The van der Waals surface area contributed by atoms with E-state index < -0.39 is 23.8 Å². The van der Waals surface area contributed by atoms with Gasteiger partial charge in [-0.25, -0.2) is 0 Å². The average Bonchev–Trinajstić information content (AvgIpc) is 2.73. The van der Waals surface area contributed by atoms with Gasteiger partial charge in [-0.2, -0.15) is 0 Å². The Balaban J connectivity index is 1.63. The van der Waals surface area contributed by atoms with Crippen LogP contribution in [0.5, 0.6) is 34.5 Å². The number of aromatic hydroxyl groups is 4. The molecule has 2 atom stereocenters. The third-order valence-electron chi connectivity index (χ3n) is 4.91. The minimum atomic E-state index is -1.21. The van der Waals surface area contributed by atoms with E-state index in [2.05, 4.69) is 0 Å². The molecule has 3 aromatic carbocycles. The standard InChI is InChI=1S/C24H22O10/c25-15-5-13(6-16(26)9-15)21(23(29)30)11-33-19-1-2-20(4-3-19)34-12-22(24(31)32)14-7-17(27)10-18(28)8-14/h1-10,21-22,25-28H,11-12H2,(H,29,30)(H,31,32). The molecular formula is C24H22O10. The first-order chi connectivity index (χ1) is 16.1. The van der Waals surface area contributed by atoms with Crippen molar-refractivity contribution < 1.29 is 49.7 Å². The summed E-state index contributed by atoms with van der Waals surface area (Å²) < 4.78 is 11.1. The predicted molar refractivity (Wildman–Crippen MR) is 118 cm³/mol. The number of carboxylic acids is 2. The quantitative estimate of drug-likeness (QED) is 0.258. The second-order valence-corrected chi connectivity index (χ2v) is 7.44. The SMILES string of the molecule is O=C(O)C(COc1ccc(OCC(C(=O)O)c2cc(O)cc(O)c2)cc1)c1cc(O)cc(O)c1. The van der Waals surface area contributed by atoms with Gasteiger partial charge in [-0.1, -0.05) is 0 Å². The summed E-state index contributed by atoms with van der Waals surface area (Å²) in [6, 6.07) is 13.1. The highest BCUT2D eigenvalue weighted by Crippen LogP contribution is 2.29. The number of benzene rings is 3. The van der Waals surface area contributed by atoms with E-state index in [9.17, 15) is 40.2 Å². The molecule has 34 heavy (non-hydrogen) atoms. The van der Waals surface area contributed by atoms with Gasteiger partial charge in [0.1, 0.15) is 59.5 Å². The number of hydrogen-bond acceptors (Lipinski definition) is 8. The van der Waals surface area contributed by atoms with Gasteiger partial charge >= 0.3 is 11.9 Å². The van der Waals surface area contributed by atoms with Crippen LogP contribution in [0.2, 0.25) is 0 Å². The van der Waals surface area contributed by atoms with Crippen molar-refractivity contribution in [1.29, 1.82) is 0 Å². The van der Waals surface area contributed by atoms with Crippen molar-refractivity contribution in [2.75, 3.05) is 13.2 Å². The minimum Gasteiger partial charge on any atom is -0.508 e. The minimum absolute atomic E-state index is 0.169. The molecule has 0 heterocycles. The first-order valence-electron chi connectivity index (χ1n) is 9.99. The van der Waals surface area contributed by atoms with Crippen molar-refractivity contribution in [3.05, 3.63) is 71.8 Å². The highest BCUT2D eigenvalue weighted by molar-refractivity contribution is 5.77. The normalized spacial score (nSPS) is 12.5. The Morgan fingerprint density at radius 3 is 1.15 bits per heavy atom. The Labute approximate surface area is 193 Å². The number of phenolic OH excluding ortho intramolecular Hbond substituents is 4. The van der Waals surface area contributed by atoms with Crippen LogP contribution in [0, 0.1) is 0 Å². The van der Waals surface area contributed by atoms with Crippen LogP contribution in [0.15, 0.2) is 60.7 Å². The van der Waals surface area contributed by atoms with E-state index in [0.717, 1.165) is 12.1 Å². The molecule has 178 valence electrons. The number of aliphatic carboxylic acids is 2. The smallest absolute Gasteiger partial charge is 0.314 e. The number of rotatable bonds is 10. The highest BCUT2D eigenvalue weighted by atomic mass is 16.5. The maximum Gasteiger partial charge on any atom is 0.314 e. The summed E-state index contributed by atoms with van der Waals surface area (Å²) in [5.74, 6) is -5.18. The van der Waals surface area contributed by atoms with Gasteiger partial charge in [0.25, 0.3) is 0 Å². The van der Waals surface area contributed by atoms with Gasteiger partial charge in [0.2, 0.25) is 0 Å². The molecular weight excluding hydrogens is 448 g/mol. The predicted octanol–water partition coefficient (Wildman–Crippen LogP) is 3.00. The largest absolute Gasteiger partial charge is 0.508 e. The first-order valence-corrected chi connectivity index (χ1v) is 9.99. The number of carbonyl (C=O) groups is 2. The van der Waals surface area contributed by atoms with Gasteiger partial charge in [0.15, 0.2) is 0 Å².